The Morgan fingerprint density at radius 2 is 1.37 bits per heavy atom. The Morgan fingerprint density at radius 1 is 0.867 bits per heavy atom. The highest BCUT2D eigenvalue weighted by Gasteiger charge is 2.08. The van der Waals surface area contributed by atoms with Gasteiger partial charge in [0, 0.05) is 31.4 Å². The van der Waals surface area contributed by atoms with Gasteiger partial charge in [0.25, 0.3) is 0 Å². The second-order valence-electron chi connectivity index (χ2n) is 5.50. The van der Waals surface area contributed by atoms with Crippen molar-refractivity contribution in [1.29, 1.82) is 0 Å². The third-order valence-electron chi connectivity index (χ3n) is 3.39. The van der Waals surface area contributed by atoms with Crippen LogP contribution in [0.15, 0.2) is 24.3 Å². The van der Waals surface area contributed by atoms with Crippen LogP contribution >= 0.6 is 0 Å². The summed E-state index contributed by atoms with van der Waals surface area (Å²) in [4.78, 5) is 13.3. The number of nitrogens with zero attached hydrogens (tertiary/aromatic N) is 1. The van der Waals surface area contributed by atoms with Crippen molar-refractivity contribution in [2.24, 2.45) is 0 Å². The fourth-order valence-electron chi connectivity index (χ4n) is 2.26. The van der Waals surface area contributed by atoms with Gasteiger partial charge in [0.1, 0.15) is 0 Å². The molecular weight excluding hydrogens is 388 g/mol. The zero-order valence-electron chi connectivity index (χ0n) is 19.4. The quantitative estimate of drug-likeness (QED) is 0.368. The molecule has 0 aliphatic rings. The van der Waals surface area contributed by atoms with Gasteiger partial charge >= 0.3 is 0 Å². The number of ether oxygens (including phenoxy) is 3. The average Bonchev–Trinajstić information content (AvgIpc) is 2.77. The van der Waals surface area contributed by atoms with Crippen LogP contribution in [-0.2, 0) is 19.0 Å². The van der Waals surface area contributed by atoms with Gasteiger partial charge < -0.3 is 34.6 Å². The van der Waals surface area contributed by atoms with Crippen molar-refractivity contribution >= 4 is 17.3 Å². The zero-order chi connectivity index (χ0) is 23.0. The van der Waals surface area contributed by atoms with Crippen molar-refractivity contribution < 1.29 is 29.2 Å². The van der Waals surface area contributed by atoms with Gasteiger partial charge in [-0.1, -0.05) is 33.8 Å². The first-order chi connectivity index (χ1) is 14.7. The van der Waals surface area contributed by atoms with Crippen molar-refractivity contribution in [3.8, 4) is 0 Å². The van der Waals surface area contributed by atoms with E-state index in [0.717, 1.165) is 11.4 Å². The van der Waals surface area contributed by atoms with Crippen LogP contribution in [0.25, 0.3) is 0 Å². The molecule has 0 atom stereocenters. The molecule has 0 heterocycles. The molecular formula is C22H42N2O6. The summed E-state index contributed by atoms with van der Waals surface area (Å²) in [5, 5.41) is 20.2. The molecule has 176 valence electrons. The molecule has 0 spiro atoms. The molecule has 1 rings (SSSR count). The lowest BCUT2D eigenvalue weighted by atomic mass is 10.2. The van der Waals surface area contributed by atoms with Gasteiger partial charge in [-0.15, -0.1) is 0 Å². The zero-order valence-corrected chi connectivity index (χ0v) is 19.4. The van der Waals surface area contributed by atoms with Crippen molar-refractivity contribution in [2.75, 3.05) is 76.2 Å². The van der Waals surface area contributed by atoms with Crippen LogP contribution in [0, 0.1) is 0 Å². The normalized spacial score (nSPS) is 9.70. The summed E-state index contributed by atoms with van der Waals surface area (Å²) >= 11 is 0. The van der Waals surface area contributed by atoms with Gasteiger partial charge in [-0.05, 0) is 18.2 Å². The number of carbonyl (C=O) groups is 1. The third kappa shape index (κ3) is 17.2. The lowest BCUT2D eigenvalue weighted by Crippen LogP contribution is -2.31. The molecule has 30 heavy (non-hydrogen) atoms. The summed E-state index contributed by atoms with van der Waals surface area (Å²) < 4.78 is 16.1. The Kier molecular flexibility index (Phi) is 23.9. The number of aliphatic hydroxyl groups excluding tert-OH is 2. The molecule has 1 aromatic rings. The summed E-state index contributed by atoms with van der Waals surface area (Å²) in [6.45, 7) is 13.3. The van der Waals surface area contributed by atoms with Gasteiger partial charge in [0.2, 0.25) is 5.91 Å². The number of hydrogen-bond donors (Lipinski definition) is 3. The van der Waals surface area contributed by atoms with E-state index >= 15 is 0 Å². The average molecular weight is 431 g/mol. The second kappa shape index (κ2) is 23.6. The molecule has 0 aliphatic carbocycles. The predicted octanol–water partition coefficient (Wildman–Crippen LogP) is 2.54. The van der Waals surface area contributed by atoms with Crippen LogP contribution in [0.1, 0.15) is 34.6 Å². The summed E-state index contributed by atoms with van der Waals surface area (Å²) in [6.07, 6.45) is 0. The van der Waals surface area contributed by atoms with Gasteiger partial charge in [0.15, 0.2) is 0 Å². The Labute approximate surface area is 182 Å². The first-order valence-electron chi connectivity index (χ1n) is 10.7. The van der Waals surface area contributed by atoms with E-state index in [2.05, 4.69) is 10.2 Å². The molecule has 0 unspecified atom stereocenters. The number of hydrogen-bond acceptors (Lipinski definition) is 7. The first kappa shape index (κ1) is 30.5. The lowest BCUT2D eigenvalue weighted by molar-refractivity contribution is -0.114. The highest BCUT2D eigenvalue weighted by atomic mass is 16.5. The summed E-state index contributed by atoms with van der Waals surface area (Å²) in [5.74, 6) is -0.119. The van der Waals surface area contributed by atoms with E-state index in [1.807, 2.05) is 52.0 Å². The summed E-state index contributed by atoms with van der Waals surface area (Å²) in [7, 11) is 0. The highest BCUT2D eigenvalue weighted by Crippen LogP contribution is 2.19. The molecule has 0 saturated heterocycles. The van der Waals surface area contributed by atoms with Gasteiger partial charge in [-0.3, -0.25) is 4.79 Å². The maximum atomic E-state index is 11.2. The van der Waals surface area contributed by atoms with Crippen molar-refractivity contribution in [3.05, 3.63) is 24.3 Å². The molecule has 0 aromatic heterocycles. The van der Waals surface area contributed by atoms with E-state index in [4.69, 9.17) is 24.4 Å². The van der Waals surface area contributed by atoms with E-state index in [0.29, 0.717) is 52.7 Å². The smallest absolute Gasteiger partial charge is 0.221 e. The molecule has 8 heteroatoms. The Balaban J connectivity index is 0. The maximum absolute atomic E-state index is 11.2. The van der Waals surface area contributed by atoms with Crippen LogP contribution in [0.4, 0.5) is 11.4 Å². The highest BCUT2D eigenvalue weighted by molar-refractivity contribution is 5.89. The molecule has 0 aliphatic heterocycles. The van der Waals surface area contributed by atoms with Crippen LogP contribution < -0.4 is 10.2 Å². The van der Waals surface area contributed by atoms with Crippen molar-refractivity contribution in [1.82, 2.24) is 0 Å². The minimum absolute atomic E-state index is 0.00499. The van der Waals surface area contributed by atoms with Gasteiger partial charge in [-0.25, -0.2) is 0 Å². The van der Waals surface area contributed by atoms with E-state index in [9.17, 15) is 4.79 Å². The molecule has 1 aromatic carbocycles. The number of nitrogens with one attached hydrogen (secondary N) is 1. The molecule has 3 N–H and O–H groups in total. The summed E-state index contributed by atoms with van der Waals surface area (Å²) in [6, 6.07) is 7.58. The summed E-state index contributed by atoms with van der Waals surface area (Å²) in [5.41, 5.74) is 1.68. The largest absolute Gasteiger partial charge is 0.394 e. The Hall–Kier alpha value is -1.71. The van der Waals surface area contributed by atoms with Gasteiger partial charge in [0.05, 0.1) is 52.9 Å². The minimum Gasteiger partial charge on any atom is -0.394 e. The van der Waals surface area contributed by atoms with Crippen LogP contribution in [0.3, 0.4) is 0 Å². The van der Waals surface area contributed by atoms with Crippen LogP contribution in [0.5, 0.6) is 0 Å². The number of rotatable bonds is 15. The van der Waals surface area contributed by atoms with Crippen LogP contribution in [-0.4, -0.2) is 82.1 Å². The molecule has 0 radical (unpaired) electrons. The molecule has 0 saturated carbocycles. The Bertz CT molecular complexity index is 502. The van der Waals surface area contributed by atoms with E-state index < -0.39 is 0 Å². The fourth-order valence-corrected chi connectivity index (χ4v) is 2.26. The number of aliphatic hydroxyl groups is 2. The van der Waals surface area contributed by atoms with E-state index in [1.54, 1.807) is 0 Å². The Morgan fingerprint density at radius 3 is 1.87 bits per heavy atom. The maximum Gasteiger partial charge on any atom is 0.221 e. The second-order valence-corrected chi connectivity index (χ2v) is 5.50. The molecule has 1 amide bonds. The first-order valence-corrected chi connectivity index (χ1v) is 10.7. The standard InChI is InChI=1S/C18H30N2O6.2C2H6/c1-16(23)19-17-3-2-4-18(15-17)20(5-9-24-11-7-21)6-10-25-13-14-26-12-8-22;2*1-2/h2-4,15,21-22H,5-14H2,1H3,(H,19,23);2*1-2H3. The topological polar surface area (TPSA) is 100 Å². The van der Waals surface area contributed by atoms with Crippen molar-refractivity contribution in [2.45, 2.75) is 34.6 Å². The van der Waals surface area contributed by atoms with E-state index in [1.165, 1.54) is 6.92 Å². The SMILES string of the molecule is CC.CC.CC(=O)Nc1cccc(N(CCOCCO)CCOCCOCCO)c1. The lowest BCUT2D eigenvalue weighted by Gasteiger charge is -2.25. The number of amides is 1. The molecule has 0 bridgehead atoms. The van der Waals surface area contributed by atoms with E-state index in [-0.39, 0.29) is 19.1 Å². The number of anilines is 2. The molecule has 8 nitrogen and oxygen atoms in total. The molecule has 0 fully saturated rings. The fraction of sp³-hybridized carbons (Fsp3) is 0.682. The minimum atomic E-state index is -0.119. The number of carbonyl (C=O) groups excluding carboxylic acids is 1. The van der Waals surface area contributed by atoms with Gasteiger partial charge in [-0.2, -0.15) is 0 Å². The van der Waals surface area contributed by atoms with Crippen LogP contribution in [0.2, 0.25) is 0 Å². The third-order valence-corrected chi connectivity index (χ3v) is 3.39. The van der Waals surface area contributed by atoms with Crippen molar-refractivity contribution in [3.63, 3.8) is 0 Å². The monoisotopic (exact) mass is 430 g/mol. The predicted molar refractivity (Wildman–Crippen MR) is 122 cm³/mol. The number of benzene rings is 1.